The molecule has 1 aliphatic heterocycles. The average molecular weight is 277 g/mol. The first kappa shape index (κ1) is 14.9. The van der Waals surface area contributed by atoms with E-state index < -0.39 is 0 Å². The Kier molecular flexibility index (Phi) is 5.01. The third kappa shape index (κ3) is 3.97. The maximum Gasteiger partial charge on any atom is 0.223 e. The number of carbonyl (C=O) groups excluding carboxylic acids is 1. The molecule has 4 heteroatoms. The van der Waals surface area contributed by atoms with Crippen LogP contribution in [0.1, 0.15) is 25.8 Å². The Morgan fingerprint density at radius 1 is 1.35 bits per heavy atom. The second-order valence-electron chi connectivity index (χ2n) is 5.41. The summed E-state index contributed by atoms with van der Waals surface area (Å²) < 4.78 is 10.8. The lowest BCUT2D eigenvalue weighted by Crippen LogP contribution is -2.48. The quantitative estimate of drug-likeness (QED) is 0.847. The number of benzene rings is 1. The Bertz CT molecular complexity index is 451. The fourth-order valence-electron chi connectivity index (χ4n) is 2.62. The van der Waals surface area contributed by atoms with Crippen molar-refractivity contribution in [3.05, 3.63) is 29.8 Å². The molecule has 2 atom stereocenters. The molecule has 110 valence electrons. The first-order chi connectivity index (χ1) is 9.58. The molecule has 1 fully saturated rings. The van der Waals surface area contributed by atoms with Crippen LogP contribution >= 0.6 is 0 Å². The number of carbonyl (C=O) groups is 1. The SMILES string of the molecule is COc1cccc(CCC(=O)N2CC(C)OC(C)C2)c1. The van der Waals surface area contributed by atoms with Gasteiger partial charge in [0.25, 0.3) is 0 Å². The zero-order valence-corrected chi connectivity index (χ0v) is 12.5. The molecule has 1 aromatic rings. The highest BCUT2D eigenvalue weighted by molar-refractivity contribution is 5.76. The molecule has 0 N–H and O–H groups in total. The van der Waals surface area contributed by atoms with E-state index in [9.17, 15) is 4.79 Å². The summed E-state index contributed by atoms with van der Waals surface area (Å²) in [5.41, 5.74) is 1.13. The van der Waals surface area contributed by atoms with Gasteiger partial charge in [-0.2, -0.15) is 0 Å². The van der Waals surface area contributed by atoms with E-state index in [2.05, 4.69) is 0 Å². The van der Waals surface area contributed by atoms with Gasteiger partial charge in [0.1, 0.15) is 5.75 Å². The van der Waals surface area contributed by atoms with Crippen LogP contribution in [0.2, 0.25) is 0 Å². The zero-order chi connectivity index (χ0) is 14.5. The highest BCUT2D eigenvalue weighted by Crippen LogP contribution is 2.16. The van der Waals surface area contributed by atoms with E-state index in [4.69, 9.17) is 9.47 Å². The van der Waals surface area contributed by atoms with Crippen LogP contribution in [0.3, 0.4) is 0 Å². The van der Waals surface area contributed by atoms with Gasteiger partial charge < -0.3 is 14.4 Å². The fraction of sp³-hybridized carbons (Fsp3) is 0.562. The molecular formula is C16H23NO3. The predicted octanol–water partition coefficient (Wildman–Crippen LogP) is 2.26. The van der Waals surface area contributed by atoms with Gasteiger partial charge in [-0.15, -0.1) is 0 Å². The molecule has 0 aliphatic carbocycles. The Labute approximate surface area is 120 Å². The van der Waals surface area contributed by atoms with Crippen LogP contribution in [0.15, 0.2) is 24.3 Å². The van der Waals surface area contributed by atoms with Gasteiger partial charge in [-0.3, -0.25) is 4.79 Å². The average Bonchev–Trinajstić information content (AvgIpc) is 2.44. The monoisotopic (exact) mass is 277 g/mol. The molecule has 4 nitrogen and oxygen atoms in total. The lowest BCUT2D eigenvalue weighted by molar-refractivity contribution is -0.143. The Morgan fingerprint density at radius 2 is 2.05 bits per heavy atom. The number of ether oxygens (including phenoxy) is 2. The summed E-state index contributed by atoms with van der Waals surface area (Å²) in [6, 6.07) is 7.88. The van der Waals surface area contributed by atoms with Crippen LogP contribution in [0, 0.1) is 0 Å². The Balaban J connectivity index is 1.88. The number of hydrogen-bond acceptors (Lipinski definition) is 3. The van der Waals surface area contributed by atoms with Gasteiger partial charge >= 0.3 is 0 Å². The predicted molar refractivity (Wildman–Crippen MR) is 77.9 cm³/mol. The smallest absolute Gasteiger partial charge is 0.223 e. The molecule has 1 amide bonds. The van der Waals surface area contributed by atoms with Crippen LogP contribution in [0.4, 0.5) is 0 Å². The van der Waals surface area contributed by atoms with Crippen LogP contribution in [0.5, 0.6) is 5.75 Å². The first-order valence-corrected chi connectivity index (χ1v) is 7.14. The van der Waals surface area contributed by atoms with E-state index in [0.29, 0.717) is 19.5 Å². The molecule has 1 aliphatic rings. The molecule has 0 radical (unpaired) electrons. The summed E-state index contributed by atoms with van der Waals surface area (Å²) in [6.45, 7) is 5.42. The fourth-order valence-corrected chi connectivity index (χ4v) is 2.62. The van der Waals surface area contributed by atoms with Gasteiger partial charge in [0.05, 0.1) is 19.3 Å². The largest absolute Gasteiger partial charge is 0.497 e. The summed E-state index contributed by atoms with van der Waals surface area (Å²) >= 11 is 0. The highest BCUT2D eigenvalue weighted by Gasteiger charge is 2.25. The first-order valence-electron chi connectivity index (χ1n) is 7.14. The second kappa shape index (κ2) is 6.75. The van der Waals surface area contributed by atoms with E-state index in [-0.39, 0.29) is 18.1 Å². The van der Waals surface area contributed by atoms with Crippen LogP contribution in [-0.4, -0.2) is 43.2 Å². The molecule has 1 saturated heterocycles. The number of amides is 1. The van der Waals surface area contributed by atoms with E-state index >= 15 is 0 Å². The number of rotatable bonds is 4. The van der Waals surface area contributed by atoms with Crippen molar-refractivity contribution < 1.29 is 14.3 Å². The van der Waals surface area contributed by atoms with Crippen LogP contribution in [-0.2, 0) is 16.0 Å². The van der Waals surface area contributed by atoms with Crippen molar-refractivity contribution in [3.8, 4) is 5.75 Å². The third-order valence-corrected chi connectivity index (χ3v) is 3.53. The Hall–Kier alpha value is -1.55. The number of methoxy groups -OCH3 is 1. The summed E-state index contributed by atoms with van der Waals surface area (Å²) in [5.74, 6) is 1.04. The van der Waals surface area contributed by atoms with E-state index in [1.54, 1.807) is 7.11 Å². The molecule has 0 saturated carbocycles. The zero-order valence-electron chi connectivity index (χ0n) is 12.5. The molecule has 2 unspecified atom stereocenters. The number of hydrogen-bond donors (Lipinski definition) is 0. The second-order valence-corrected chi connectivity index (χ2v) is 5.41. The van der Waals surface area contributed by atoms with Gasteiger partial charge in [-0.25, -0.2) is 0 Å². The molecule has 1 heterocycles. The Morgan fingerprint density at radius 3 is 2.70 bits per heavy atom. The molecule has 0 spiro atoms. The summed E-state index contributed by atoms with van der Waals surface area (Å²) in [7, 11) is 1.65. The van der Waals surface area contributed by atoms with Gasteiger partial charge in [0.15, 0.2) is 0 Å². The van der Waals surface area contributed by atoms with Crippen molar-refractivity contribution in [2.45, 2.75) is 38.9 Å². The van der Waals surface area contributed by atoms with E-state index in [0.717, 1.165) is 17.7 Å². The van der Waals surface area contributed by atoms with Crippen molar-refractivity contribution in [1.82, 2.24) is 4.90 Å². The summed E-state index contributed by atoms with van der Waals surface area (Å²) in [4.78, 5) is 14.2. The molecule has 0 aromatic heterocycles. The number of morpholine rings is 1. The van der Waals surface area contributed by atoms with Crippen molar-refractivity contribution in [1.29, 1.82) is 0 Å². The minimum atomic E-state index is 0.125. The van der Waals surface area contributed by atoms with Gasteiger partial charge in [0.2, 0.25) is 5.91 Å². The summed E-state index contributed by atoms with van der Waals surface area (Å²) in [5, 5.41) is 0. The minimum Gasteiger partial charge on any atom is -0.497 e. The van der Waals surface area contributed by atoms with Crippen molar-refractivity contribution in [3.63, 3.8) is 0 Å². The molecular weight excluding hydrogens is 254 g/mol. The van der Waals surface area contributed by atoms with Gasteiger partial charge in [0, 0.05) is 19.5 Å². The molecule has 2 rings (SSSR count). The molecule has 1 aromatic carbocycles. The van der Waals surface area contributed by atoms with Crippen molar-refractivity contribution in [2.75, 3.05) is 20.2 Å². The van der Waals surface area contributed by atoms with Gasteiger partial charge in [-0.1, -0.05) is 12.1 Å². The van der Waals surface area contributed by atoms with E-state index in [1.165, 1.54) is 0 Å². The molecule has 0 bridgehead atoms. The van der Waals surface area contributed by atoms with Crippen molar-refractivity contribution in [2.24, 2.45) is 0 Å². The molecule has 20 heavy (non-hydrogen) atoms. The normalized spacial score (nSPS) is 22.6. The minimum absolute atomic E-state index is 0.125. The lowest BCUT2D eigenvalue weighted by Gasteiger charge is -2.35. The third-order valence-electron chi connectivity index (χ3n) is 3.53. The van der Waals surface area contributed by atoms with Crippen LogP contribution < -0.4 is 4.74 Å². The van der Waals surface area contributed by atoms with E-state index in [1.807, 2.05) is 43.0 Å². The number of nitrogens with zero attached hydrogens (tertiary/aromatic N) is 1. The maximum atomic E-state index is 12.3. The van der Waals surface area contributed by atoms with Crippen LogP contribution in [0.25, 0.3) is 0 Å². The lowest BCUT2D eigenvalue weighted by atomic mass is 10.1. The summed E-state index contributed by atoms with van der Waals surface area (Å²) in [6.07, 6.45) is 1.53. The maximum absolute atomic E-state index is 12.3. The van der Waals surface area contributed by atoms with Gasteiger partial charge in [-0.05, 0) is 38.0 Å². The van der Waals surface area contributed by atoms with Crippen molar-refractivity contribution >= 4 is 5.91 Å². The highest BCUT2D eigenvalue weighted by atomic mass is 16.5. The topological polar surface area (TPSA) is 38.8 Å². The standard InChI is InChI=1S/C16H23NO3/c1-12-10-17(11-13(2)20-12)16(18)8-7-14-5-4-6-15(9-14)19-3/h4-6,9,12-13H,7-8,10-11H2,1-3H3. The number of aryl methyl sites for hydroxylation is 1.